The lowest BCUT2D eigenvalue weighted by Crippen LogP contribution is -2.61. The summed E-state index contributed by atoms with van der Waals surface area (Å²) in [7, 11) is 0. The zero-order valence-corrected chi connectivity index (χ0v) is 17.9. The van der Waals surface area contributed by atoms with Crippen LogP contribution in [0.1, 0.15) is 72.9 Å². The second kappa shape index (κ2) is 8.19. The van der Waals surface area contributed by atoms with E-state index in [-0.39, 0.29) is 11.2 Å². The minimum absolute atomic E-state index is 0.270. The molecule has 5 rings (SSSR count). The highest BCUT2D eigenvalue weighted by atomic mass is 16.3. The normalized spacial score (nSPS) is 27.9. The van der Waals surface area contributed by atoms with Gasteiger partial charge in [0.2, 0.25) is 0 Å². The van der Waals surface area contributed by atoms with E-state index >= 15 is 0 Å². The van der Waals surface area contributed by atoms with Crippen LogP contribution in [0.15, 0.2) is 48.5 Å². The second-order valence-corrected chi connectivity index (χ2v) is 9.65. The van der Waals surface area contributed by atoms with E-state index < -0.39 is 0 Å². The molecule has 3 aliphatic rings. The van der Waals surface area contributed by atoms with Crippen LogP contribution in [-0.4, -0.2) is 34.9 Å². The van der Waals surface area contributed by atoms with Gasteiger partial charge in [0, 0.05) is 23.4 Å². The Morgan fingerprint density at radius 3 is 2.80 bits per heavy atom. The predicted octanol–water partition coefficient (Wildman–Crippen LogP) is 5.50. The number of nitrogens with zero attached hydrogens (tertiary/aromatic N) is 1. The summed E-state index contributed by atoms with van der Waals surface area (Å²) >= 11 is 0. The molecule has 2 aromatic carbocycles. The van der Waals surface area contributed by atoms with Crippen LogP contribution in [0.25, 0.3) is 0 Å². The minimum Gasteiger partial charge on any atom is -0.508 e. The number of Topliss-reactive ketones (excluding diaryl/α,β-unsaturated/α-hetero) is 1. The molecule has 2 aromatic rings. The number of rotatable bonds is 6. The lowest BCUT2D eigenvalue weighted by atomic mass is 9.52. The molecule has 3 heteroatoms. The largest absolute Gasteiger partial charge is 0.508 e. The number of likely N-dealkylation sites (tertiary alicyclic amines) is 1. The zero-order chi connectivity index (χ0) is 20.6. The van der Waals surface area contributed by atoms with Crippen molar-refractivity contribution in [2.24, 2.45) is 5.92 Å². The fourth-order valence-electron chi connectivity index (χ4n) is 6.72. The van der Waals surface area contributed by atoms with Crippen molar-refractivity contribution in [3.05, 3.63) is 65.2 Å². The summed E-state index contributed by atoms with van der Waals surface area (Å²) in [6, 6.07) is 16.4. The van der Waals surface area contributed by atoms with Gasteiger partial charge in [-0.25, -0.2) is 0 Å². The third-order valence-electron chi connectivity index (χ3n) is 8.13. The highest BCUT2D eigenvalue weighted by molar-refractivity contribution is 5.95. The van der Waals surface area contributed by atoms with Gasteiger partial charge in [-0.15, -0.1) is 0 Å². The molecule has 0 amide bonds. The van der Waals surface area contributed by atoms with Crippen molar-refractivity contribution in [3.63, 3.8) is 0 Å². The summed E-state index contributed by atoms with van der Waals surface area (Å²) in [6.07, 6.45) is 10.3. The quantitative estimate of drug-likeness (QED) is 0.511. The number of fused-ring (bicyclic) bond motifs is 1. The number of aromatic hydroxyl groups is 1. The molecule has 3 nitrogen and oxygen atoms in total. The van der Waals surface area contributed by atoms with Gasteiger partial charge in [-0.3, -0.25) is 9.69 Å². The van der Waals surface area contributed by atoms with Crippen molar-refractivity contribution in [3.8, 4) is 5.75 Å². The number of unbranched alkanes of at least 4 members (excludes halogenated alkanes) is 1. The van der Waals surface area contributed by atoms with E-state index in [9.17, 15) is 9.90 Å². The maximum atomic E-state index is 12.4. The smallest absolute Gasteiger partial charge is 0.162 e. The first-order valence-electron chi connectivity index (χ1n) is 11.8. The summed E-state index contributed by atoms with van der Waals surface area (Å²) in [5, 5.41) is 10.2. The number of benzene rings is 2. The van der Waals surface area contributed by atoms with Crippen LogP contribution in [0.3, 0.4) is 0 Å². The van der Waals surface area contributed by atoms with Crippen LogP contribution in [0.4, 0.5) is 0 Å². The third-order valence-corrected chi connectivity index (χ3v) is 8.13. The summed E-state index contributed by atoms with van der Waals surface area (Å²) < 4.78 is 0. The van der Waals surface area contributed by atoms with Crippen LogP contribution < -0.4 is 0 Å². The Labute approximate surface area is 180 Å². The first kappa shape index (κ1) is 19.8. The highest BCUT2D eigenvalue weighted by Crippen LogP contribution is 2.56. The van der Waals surface area contributed by atoms with Crippen LogP contribution in [-0.2, 0) is 11.8 Å². The van der Waals surface area contributed by atoms with Crippen molar-refractivity contribution in [1.29, 1.82) is 0 Å². The molecule has 1 saturated carbocycles. The van der Waals surface area contributed by atoms with Gasteiger partial charge in [0.15, 0.2) is 5.78 Å². The van der Waals surface area contributed by atoms with Crippen LogP contribution in [0, 0.1) is 5.92 Å². The molecule has 1 saturated heterocycles. The molecule has 1 heterocycles. The molecular formula is C27H33NO2. The number of hydrogen-bond donors (Lipinski definition) is 1. The summed E-state index contributed by atoms with van der Waals surface area (Å²) in [4.78, 5) is 15.1. The van der Waals surface area contributed by atoms with Gasteiger partial charge in [-0.2, -0.15) is 0 Å². The van der Waals surface area contributed by atoms with Gasteiger partial charge in [0.1, 0.15) is 5.75 Å². The molecule has 1 aliphatic heterocycles. The number of phenols is 1. The average Bonchev–Trinajstić information content (AvgIpc) is 2.79. The van der Waals surface area contributed by atoms with Crippen molar-refractivity contribution >= 4 is 5.78 Å². The molecule has 2 bridgehead atoms. The van der Waals surface area contributed by atoms with E-state index in [1.165, 1.54) is 43.2 Å². The Hall–Kier alpha value is -2.13. The summed E-state index contributed by atoms with van der Waals surface area (Å²) in [6.45, 7) is 2.26. The minimum atomic E-state index is 0.270. The van der Waals surface area contributed by atoms with Crippen LogP contribution in [0.2, 0.25) is 0 Å². The van der Waals surface area contributed by atoms with Crippen molar-refractivity contribution in [2.45, 2.75) is 69.2 Å². The number of phenolic OH excluding ortho intramolecular Hbond substituents is 1. The molecule has 3 atom stereocenters. The average molecular weight is 404 g/mol. The van der Waals surface area contributed by atoms with Crippen molar-refractivity contribution in [2.75, 3.05) is 13.1 Å². The molecule has 30 heavy (non-hydrogen) atoms. The number of hydrogen-bond acceptors (Lipinski definition) is 3. The lowest BCUT2D eigenvalue weighted by molar-refractivity contribution is -0.0119. The number of piperidine rings is 1. The number of carbonyl (C=O) groups excluding carboxylic acids is 1. The number of ketones is 1. The Bertz CT molecular complexity index is 908. The fourth-order valence-corrected chi connectivity index (χ4v) is 6.72. The lowest BCUT2D eigenvalue weighted by Gasteiger charge is -2.59. The van der Waals surface area contributed by atoms with E-state index in [2.05, 4.69) is 17.0 Å². The predicted molar refractivity (Wildman–Crippen MR) is 120 cm³/mol. The SMILES string of the molecule is O=C(CCCCN1CC[C@]23CCCC[C@H]2[C@@H]1Cc1ccc(O)cc13)c1ccccc1. The first-order valence-corrected chi connectivity index (χ1v) is 11.8. The summed E-state index contributed by atoms with van der Waals surface area (Å²) in [5.41, 5.74) is 4.04. The molecule has 1 N–H and O–H groups in total. The molecule has 2 fully saturated rings. The fraction of sp³-hybridized carbons (Fsp3) is 0.519. The van der Waals surface area contributed by atoms with E-state index in [4.69, 9.17) is 0 Å². The molecule has 0 unspecified atom stereocenters. The highest BCUT2D eigenvalue weighted by Gasteiger charge is 2.53. The van der Waals surface area contributed by atoms with Gasteiger partial charge in [-0.05, 0) is 80.8 Å². The van der Waals surface area contributed by atoms with E-state index in [0.717, 1.165) is 43.8 Å². The topological polar surface area (TPSA) is 40.5 Å². The van der Waals surface area contributed by atoms with Gasteiger partial charge in [0.05, 0.1) is 0 Å². The van der Waals surface area contributed by atoms with Crippen molar-refractivity contribution < 1.29 is 9.90 Å². The number of carbonyl (C=O) groups is 1. The van der Waals surface area contributed by atoms with Crippen molar-refractivity contribution in [1.82, 2.24) is 4.90 Å². The van der Waals surface area contributed by atoms with E-state index in [1.807, 2.05) is 36.4 Å². The molecular weight excluding hydrogens is 370 g/mol. The Kier molecular flexibility index (Phi) is 5.41. The molecule has 2 aliphatic carbocycles. The molecule has 0 aromatic heterocycles. The maximum Gasteiger partial charge on any atom is 0.162 e. The Balaban J connectivity index is 1.25. The molecule has 158 valence electrons. The standard InChI is InChI=1S/C27H33NO2/c29-22-13-12-21-18-25-23-10-4-6-14-27(23,24(21)19-22)15-17-28(25)16-7-5-11-26(30)20-8-2-1-3-9-20/h1-3,8-9,12-13,19,23,25,29H,4-7,10-11,14-18H2/t23-,25-,27+/m0/s1. The van der Waals surface area contributed by atoms with E-state index in [1.54, 1.807) is 0 Å². The van der Waals surface area contributed by atoms with Gasteiger partial charge in [-0.1, -0.05) is 49.2 Å². The zero-order valence-electron chi connectivity index (χ0n) is 17.9. The Morgan fingerprint density at radius 1 is 1.07 bits per heavy atom. The maximum absolute atomic E-state index is 12.4. The Morgan fingerprint density at radius 2 is 1.93 bits per heavy atom. The second-order valence-electron chi connectivity index (χ2n) is 9.65. The molecule has 0 spiro atoms. The van der Waals surface area contributed by atoms with Crippen LogP contribution in [0.5, 0.6) is 5.75 Å². The van der Waals surface area contributed by atoms with Gasteiger partial charge >= 0.3 is 0 Å². The molecule has 0 radical (unpaired) electrons. The summed E-state index contributed by atoms with van der Waals surface area (Å²) in [5.74, 6) is 1.42. The van der Waals surface area contributed by atoms with Gasteiger partial charge in [0.25, 0.3) is 0 Å². The van der Waals surface area contributed by atoms with E-state index in [0.29, 0.717) is 18.2 Å². The first-order chi connectivity index (χ1) is 14.7. The monoisotopic (exact) mass is 403 g/mol. The third kappa shape index (κ3) is 3.47. The van der Waals surface area contributed by atoms with Crippen LogP contribution >= 0.6 is 0 Å². The van der Waals surface area contributed by atoms with Gasteiger partial charge < -0.3 is 5.11 Å².